The van der Waals surface area contributed by atoms with Gasteiger partial charge in [-0.05, 0) is 22.6 Å². The van der Waals surface area contributed by atoms with Crippen molar-refractivity contribution in [1.82, 2.24) is 0 Å². The average Bonchev–Trinajstić information content (AvgIpc) is 1.58. The van der Waals surface area contributed by atoms with E-state index in [-0.39, 0.29) is 18.9 Å². The molecule has 0 aliphatic carbocycles. The molecule has 0 aromatic carbocycles. The van der Waals surface area contributed by atoms with Crippen LogP contribution in [0.4, 0.5) is 4.39 Å². The van der Waals surface area contributed by atoms with Crippen LogP contribution in [0.5, 0.6) is 0 Å². The first-order valence-corrected chi connectivity index (χ1v) is 3.60. The van der Waals surface area contributed by atoms with Crippen molar-refractivity contribution in [1.29, 1.82) is 0 Å². The Balaban J connectivity index is 0. The predicted octanol–water partition coefficient (Wildman–Crippen LogP) is -1.03. The van der Waals surface area contributed by atoms with E-state index in [4.69, 9.17) is 10.0 Å². The third-order valence-electron chi connectivity index (χ3n) is 0.558. The minimum absolute atomic E-state index is 0. The normalized spacial score (nSPS) is 11.3. The van der Waals surface area contributed by atoms with Gasteiger partial charge in [-0.3, -0.25) is 4.79 Å². The molecule has 0 fully saturated rings. The molecule has 0 aliphatic heterocycles. The Morgan fingerprint density at radius 2 is 2.18 bits per heavy atom. The first kappa shape index (κ1) is 14.2. The van der Waals surface area contributed by atoms with Crippen LogP contribution >= 0.6 is 22.6 Å². The van der Waals surface area contributed by atoms with Crippen LogP contribution in [-0.2, 0) is 9.45 Å². The van der Waals surface area contributed by atoms with Crippen molar-refractivity contribution in [3.63, 3.8) is 0 Å². The van der Waals surface area contributed by atoms with Gasteiger partial charge < -0.3 is 14.7 Å². The number of carbonyl (C=O) groups excluding carboxylic acids is 1. The minimum atomic E-state index is -2.15. The van der Waals surface area contributed by atoms with Gasteiger partial charge in [-0.1, -0.05) is 0 Å². The Hall–Kier alpha value is 0.712. The fraction of sp³-hybridized carbons (Fsp3) is 0.667. The van der Waals surface area contributed by atoms with Gasteiger partial charge in [-0.2, -0.15) is 0 Å². The Kier molecular flexibility index (Phi) is 9.54. The van der Waals surface area contributed by atoms with Crippen molar-refractivity contribution in [2.45, 2.75) is 10.6 Å². The van der Waals surface area contributed by atoms with Crippen LogP contribution < -0.4 is 0 Å². The number of carbonyl (C=O) groups is 1. The summed E-state index contributed by atoms with van der Waals surface area (Å²) in [6, 6.07) is 0. The van der Waals surface area contributed by atoms with Gasteiger partial charge in [0.2, 0.25) is 0 Å². The summed E-state index contributed by atoms with van der Waals surface area (Å²) in [5.74, 6) is -0.975. The molecule has 1 unspecified atom stereocenters. The molecule has 0 saturated heterocycles. The predicted molar refractivity (Wildman–Crippen MR) is 47.0 cm³/mol. The zero-order chi connectivity index (χ0) is 8.15. The molecule has 8 heteroatoms. The standard InChI is InChI=1S/C3H5BFIO4.Li.H/c5-2(6)1-3(7)10-4(8)9;;/h2,8-9H,1H2;;. The quantitative estimate of drug-likeness (QED) is 0.391. The molecule has 0 aliphatic rings. The van der Waals surface area contributed by atoms with Crippen molar-refractivity contribution in [2.24, 2.45) is 0 Å². The maximum atomic E-state index is 11.9. The molecule has 0 spiro atoms. The molecule has 60 valence electrons. The van der Waals surface area contributed by atoms with E-state index in [1.807, 2.05) is 0 Å². The van der Waals surface area contributed by atoms with Crippen molar-refractivity contribution in [3.8, 4) is 0 Å². The van der Waals surface area contributed by atoms with Crippen LogP contribution in [0.1, 0.15) is 6.42 Å². The molecule has 4 nitrogen and oxygen atoms in total. The van der Waals surface area contributed by atoms with E-state index in [0.29, 0.717) is 0 Å². The number of hydrogen-bond donors (Lipinski definition) is 2. The topological polar surface area (TPSA) is 66.8 Å². The molecular weight excluding hydrogens is 264 g/mol. The van der Waals surface area contributed by atoms with Crippen LogP contribution in [0.25, 0.3) is 0 Å². The SMILES string of the molecule is O=C(CC(F)I)OB(O)O.[LiH]. The molecule has 0 bridgehead atoms. The van der Waals surface area contributed by atoms with Gasteiger partial charge in [0.25, 0.3) is 5.97 Å². The molecule has 0 saturated carbocycles. The van der Waals surface area contributed by atoms with E-state index in [1.165, 1.54) is 22.6 Å². The van der Waals surface area contributed by atoms with Crippen molar-refractivity contribution in [2.75, 3.05) is 0 Å². The fourth-order valence-electron chi connectivity index (χ4n) is 0.292. The maximum absolute atomic E-state index is 11.9. The second kappa shape index (κ2) is 7.37. The molecule has 0 aromatic rings. The number of hydrogen-bond acceptors (Lipinski definition) is 4. The molecule has 0 aromatic heterocycles. The molecule has 0 radical (unpaired) electrons. The summed E-state index contributed by atoms with van der Waals surface area (Å²) in [6.07, 6.45) is -0.474. The molecule has 0 rings (SSSR count). The van der Waals surface area contributed by atoms with Gasteiger partial charge in [0.05, 0.1) is 6.42 Å². The van der Waals surface area contributed by atoms with Gasteiger partial charge in [0.15, 0.2) is 4.18 Å². The zero-order valence-corrected chi connectivity index (χ0v) is 6.99. The molecule has 2 N–H and O–H groups in total. The van der Waals surface area contributed by atoms with E-state index in [0.717, 1.165) is 0 Å². The van der Waals surface area contributed by atoms with Gasteiger partial charge in [0.1, 0.15) is 0 Å². The Bertz CT molecular complexity index is 112. The van der Waals surface area contributed by atoms with Crippen molar-refractivity contribution < 1.29 is 23.9 Å². The van der Waals surface area contributed by atoms with Gasteiger partial charge >= 0.3 is 26.2 Å². The summed E-state index contributed by atoms with van der Waals surface area (Å²) in [4.78, 5) is 10.3. The summed E-state index contributed by atoms with van der Waals surface area (Å²) in [7, 11) is -2.15. The molecule has 0 amide bonds. The van der Waals surface area contributed by atoms with Crippen molar-refractivity contribution in [3.05, 3.63) is 0 Å². The summed E-state index contributed by atoms with van der Waals surface area (Å²) < 4.78 is 14.4. The number of alkyl halides is 2. The van der Waals surface area contributed by atoms with E-state index in [2.05, 4.69) is 4.65 Å². The first-order chi connectivity index (χ1) is 4.52. The fourth-order valence-corrected chi connectivity index (χ4v) is 0.651. The number of halogens is 2. The molecular formula is C3H6BFILiO4. The zero-order valence-electron chi connectivity index (χ0n) is 4.83. The van der Waals surface area contributed by atoms with Gasteiger partial charge in [-0.15, -0.1) is 0 Å². The molecule has 1 atom stereocenters. The number of rotatable bonds is 3. The van der Waals surface area contributed by atoms with E-state index in [1.54, 1.807) is 0 Å². The van der Waals surface area contributed by atoms with Crippen LogP contribution in [0.3, 0.4) is 0 Å². The summed E-state index contributed by atoms with van der Waals surface area (Å²) in [5, 5.41) is 16.0. The average molecular weight is 270 g/mol. The Morgan fingerprint density at radius 3 is 2.45 bits per heavy atom. The third-order valence-corrected chi connectivity index (χ3v) is 0.998. The summed E-state index contributed by atoms with van der Waals surface area (Å²) in [6.45, 7) is 0. The van der Waals surface area contributed by atoms with Gasteiger partial charge in [-0.25, -0.2) is 4.39 Å². The van der Waals surface area contributed by atoms with Crippen LogP contribution in [-0.4, -0.2) is 46.4 Å². The Morgan fingerprint density at radius 1 is 1.73 bits per heavy atom. The third kappa shape index (κ3) is 10.7. The van der Waals surface area contributed by atoms with Crippen LogP contribution in [0, 0.1) is 0 Å². The van der Waals surface area contributed by atoms with Crippen LogP contribution in [0.15, 0.2) is 0 Å². The monoisotopic (exact) mass is 270 g/mol. The van der Waals surface area contributed by atoms with E-state index in [9.17, 15) is 9.18 Å². The molecule has 0 heterocycles. The summed E-state index contributed by atoms with van der Waals surface area (Å²) >= 11 is 1.37. The second-order valence-corrected chi connectivity index (χ2v) is 2.76. The summed E-state index contributed by atoms with van der Waals surface area (Å²) in [5.41, 5.74) is 0. The van der Waals surface area contributed by atoms with E-state index >= 15 is 0 Å². The first-order valence-electron chi connectivity index (χ1n) is 2.36. The van der Waals surface area contributed by atoms with Crippen LogP contribution in [0.2, 0.25) is 0 Å². The Labute approximate surface area is 89.0 Å². The second-order valence-electron chi connectivity index (χ2n) is 1.41. The van der Waals surface area contributed by atoms with Crippen molar-refractivity contribution >= 4 is 54.7 Å². The van der Waals surface area contributed by atoms with Gasteiger partial charge in [0, 0.05) is 0 Å². The molecule has 11 heavy (non-hydrogen) atoms. The van der Waals surface area contributed by atoms with E-state index < -0.39 is 23.9 Å².